The molecule has 1 aromatic heterocycles. The number of rotatable bonds is 14. The molecule has 0 fully saturated rings. The normalized spacial score (nSPS) is 13.8. The molecule has 2 atom stereocenters. The largest absolute Gasteiger partial charge is 0.481 e. The van der Waals surface area contributed by atoms with Crippen LogP contribution in [-0.2, 0) is 24.3 Å². The number of nitrogens with zero attached hydrogens (tertiary/aromatic N) is 2. The van der Waals surface area contributed by atoms with Gasteiger partial charge in [0, 0.05) is 24.2 Å². The van der Waals surface area contributed by atoms with Gasteiger partial charge in [-0.1, -0.05) is 26.0 Å². The van der Waals surface area contributed by atoms with Crippen LogP contribution < -0.4 is 4.72 Å². The summed E-state index contributed by atoms with van der Waals surface area (Å²) in [6, 6.07) is 5.56. The van der Waals surface area contributed by atoms with Crippen molar-refractivity contribution in [1.29, 1.82) is 0 Å². The number of anilines is 1. The number of sulfonamides is 1. The zero-order valence-corrected chi connectivity index (χ0v) is 21.5. The number of carboxylic acids is 1. The first-order valence-corrected chi connectivity index (χ1v) is 13.2. The lowest BCUT2D eigenvalue weighted by Crippen LogP contribution is -2.22. The summed E-state index contributed by atoms with van der Waals surface area (Å²) in [5, 5.41) is 19.1. The van der Waals surface area contributed by atoms with Crippen molar-refractivity contribution < 1.29 is 37.3 Å². The Kier molecular flexibility index (Phi) is 10.9. The van der Waals surface area contributed by atoms with Crippen LogP contribution in [0.3, 0.4) is 0 Å². The van der Waals surface area contributed by atoms with E-state index in [0.717, 1.165) is 6.26 Å². The Morgan fingerprint density at radius 2 is 1.89 bits per heavy atom. The quantitative estimate of drug-likeness (QED) is 0.249. The Morgan fingerprint density at radius 1 is 1.22 bits per heavy atom. The Balaban J connectivity index is 2.58. The molecule has 0 saturated heterocycles. The van der Waals surface area contributed by atoms with E-state index in [1.54, 1.807) is 19.1 Å². The molecule has 1 aromatic carbocycles. The van der Waals surface area contributed by atoms with Crippen LogP contribution in [0, 0.1) is 5.82 Å². The summed E-state index contributed by atoms with van der Waals surface area (Å²) in [5.41, 5.74) is 1.93. The van der Waals surface area contributed by atoms with Gasteiger partial charge in [0.1, 0.15) is 12.6 Å². The highest BCUT2D eigenvalue weighted by Gasteiger charge is 2.20. The van der Waals surface area contributed by atoms with E-state index in [2.05, 4.69) is 14.7 Å². The summed E-state index contributed by atoms with van der Waals surface area (Å²) in [6.07, 6.45) is 1.97. The van der Waals surface area contributed by atoms with E-state index in [-0.39, 0.29) is 25.1 Å². The number of hydrogen-bond acceptors (Lipinski definition) is 8. The van der Waals surface area contributed by atoms with Gasteiger partial charge in [-0.25, -0.2) is 22.8 Å². The first-order valence-electron chi connectivity index (χ1n) is 11.3. The van der Waals surface area contributed by atoms with Crippen LogP contribution in [0.2, 0.25) is 0 Å². The van der Waals surface area contributed by atoms with Crippen molar-refractivity contribution in [3.63, 3.8) is 0 Å². The van der Waals surface area contributed by atoms with Gasteiger partial charge in [0.05, 0.1) is 36.3 Å². The van der Waals surface area contributed by atoms with Gasteiger partial charge >= 0.3 is 5.97 Å². The monoisotopic (exact) mass is 525 g/mol. The Bertz CT molecular complexity index is 1160. The highest BCUT2D eigenvalue weighted by molar-refractivity contribution is 7.91. The minimum absolute atomic E-state index is 0.00660. The predicted molar refractivity (Wildman–Crippen MR) is 133 cm³/mol. The molecule has 0 amide bonds. The van der Waals surface area contributed by atoms with E-state index in [1.807, 2.05) is 13.8 Å². The molecule has 0 bridgehead atoms. The first kappa shape index (κ1) is 29.3. The standard InChI is InChI=1S/C24H32FN3O7S/c1-5-34-14-35-19(12-18(29)13-21(30)31)10-11-20-22(15(2)3)26-24(28-36(4,32)33)27-23(20)16-6-8-17(25)9-7-16/h6-11,15,18-19,29H,5,12-14H2,1-4H3,(H,30,31)(H,26,27,28)/b11-10+. The summed E-state index contributed by atoms with van der Waals surface area (Å²) < 4.78 is 50.4. The lowest BCUT2D eigenvalue weighted by atomic mass is 9.97. The number of hydrogen-bond donors (Lipinski definition) is 3. The molecule has 2 rings (SSSR count). The average molecular weight is 526 g/mol. The molecule has 198 valence electrons. The SMILES string of the molecule is CCOCOC(/C=C/c1c(-c2ccc(F)cc2)nc(NS(C)(=O)=O)nc1C(C)C)CC(O)CC(=O)O. The smallest absolute Gasteiger partial charge is 0.305 e. The average Bonchev–Trinajstić information content (AvgIpc) is 2.76. The summed E-state index contributed by atoms with van der Waals surface area (Å²) >= 11 is 0. The summed E-state index contributed by atoms with van der Waals surface area (Å²) in [5.74, 6) is -1.87. The van der Waals surface area contributed by atoms with E-state index >= 15 is 0 Å². The third-order valence-corrected chi connectivity index (χ3v) is 5.43. The molecule has 0 aliphatic rings. The fourth-order valence-electron chi connectivity index (χ4n) is 3.31. The Labute approximate surface area is 210 Å². The van der Waals surface area contributed by atoms with E-state index in [9.17, 15) is 22.7 Å². The number of aliphatic carboxylic acids is 1. The van der Waals surface area contributed by atoms with E-state index in [4.69, 9.17) is 14.6 Å². The molecular weight excluding hydrogens is 493 g/mol. The van der Waals surface area contributed by atoms with Gasteiger partial charge in [0.2, 0.25) is 16.0 Å². The number of benzene rings is 1. The van der Waals surface area contributed by atoms with Gasteiger partial charge in [-0.3, -0.25) is 9.52 Å². The minimum Gasteiger partial charge on any atom is -0.481 e. The number of halogens is 1. The van der Waals surface area contributed by atoms with Crippen LogP contribution in [0.1, 0.15) is 50.8 Å². The van der Waals surface area contributed by atoms with E-state index in [0.29, 0.717) is 29.1 Å². The Morgan fingerprint density at radius 3 is 2.44 bits per heavy atom. The van der Waals surface area contributed by atoms with Crippen molar-refractivity contribution in [3.05, 3.63) is 47.4 Å². The highest BCUT2D eigenvalue weighted by atomic mass is 32.2. The van der Waals surface area contributed by atoms with Gasteiger partial charge in [0.25, 0.3) is 0 Å². The topological polar surface area (TPSA) is 148 Å². The highest BCUT2D eigenvalue weighted by Crippen LogP contribution is 2.31. The minimum atomic E-state index is -3.66. The number of nitrogens with one attached hydrogen (secondary N) is 1. The molecule has 10 nitrogen and oxygen atoms in total. The third-order valence-electron chi connectivity index (χ3n) is 4.88. The molecule has 3 N–H and O–H groups in total. The number of aliphatic hydroxyl groups is 1. The molecule has 0 aliphatic carbocycles. The second-order valence-electron chi connectivity index (χ2n) is 8.39. The second-order valence-corrected chi connectivity index (χ2v) is 10.1. The maximum absolute atomic E-state index is 13.6. The number of carbonyl (C=O) groups is 1. The molecule has 2 unspecified atom stereocenters. The lowest BCUT2D eigenvalue weighted by Gasteiger charge is -2.19. The molecule has 2 aromatic rings. The van der Waals surface area contributed by atoms with Crippen molar-refractivity contribution in [2.75, 3.05) is 24.4 Å². The fourth-order valence-corrected chi connectivity index (χ4v) is 3.73. The third kappa shape index (κ3) is 9.61. The molecular formula is C24H32FN3O7S. The van der Waals surface area contributed by atoms with Gasteiger partial charge in [0.15, 0.2) is 0 Å². The van der Waals surface area contributed by atoms with Gasteiger partial charge in [-0.05, 0) is 37.1 Å². The van der Waals surface area contributed by atoms with Crippen molar-refractivity contribution in [2.24, 2.45) is 0 Å². The van der Waals surface area contributed by atoms with Crippen LogP contribution in [-0.4, -0.2) is 66.4 Å². The number of carboxylic acid groups (broad SMARTS) is 1. The van der Waals surface area contributed by atoms with E-state index < -0.39 is 40.4 Å². The van der Waals surface area contributed by atoms with Gasteiger partial charge in [-0.2, -0.15) is 0 Å². The number of ether oxygens (including phenoxy) is 2. The number of aliphatic hydroxyl groups excluding tert-OH is 1. The van der Waals surface area contributed by atoms with Crippen LogP contribution in [0.25, 0.3) is 17.3 Å². The van der Waals surface area contributed by atoms with Crippen LogP contribution in [0.4, 0.5) is 10.3 Å². The van der Waals surface area contributed by atoms with Crippen molar-refractivity contribution in [1.82, 2.24) is 9.97 Å². The lowest BCUT2D eigenvalue weighted by molar-refractivity contribution is -0.140. The molecule has 12 heteroatoms. The predicted octanol–water partition coefficient (Wildman–Crippen LogP) is 3.40. The van der Waals surface area contributed by atoms with Gasteiger partial charge in [-0.15, -0.1) is 0 Å². The maximum atomic E-state index is 13.6. The van der Waals surface area contributed by atoms with Crippen molar-refractivity contribution in [3.8, 4) is 11.3 Å². The van der Waals surface area contributed by atoms with E-state index in [1.165, 1.54) is 24.3 Å². The molecule has 0 aliphatic heterocycles. The molecule has 36 heavy (non-hydrogen) atoms. The maximum Gasteiger partial charge on any atom is 0.305 e. The Hall–Kier alpha value is -2.93. The molecule has 0 saturated carbocycles. The van der Waals surface area contributed by atoms with Crippen LogP contribution in [0.5, 0.6) is 0 Å². The van der Waals surface area contributed by atoms with Gasteiger partial charge < -0.3 is 19.7 Å². The zero-order chi connectivity index (χ0) is 26.9. The van der Waals surface area contributed by atoms with Crippen molar-refractivity contribution >= 4 is 28.0 Å². The van der Waals surface area contributed by atoms with Crippen LogP contribution >= 0.6 is 0 Å². The van der Waals surface area contributed by atoms with Crippen LogP contribution in [0.15, 0.2) is 30.3 Å². The fraction of sp³-hybridized carbons (Fsp3) is 0.458. The first-order chi connectivity index (χ1) is 16.9. The number of aromatic nitrogens is 2. The summed E-state index contributed by atoms with van der Waals surface area (Å²) in [6.45, 7) is 5.88. The zero-order valence-electron chi connectivity index (χ0n) is 20.6. The second kappa shape index (κ2) is 13.4. The van der Waals surface area contributed by atoms with Crippen molar-refractivity contribution in [2.45, 2.75) is 51.7 Å². The molecule has 0 spiro atoms. The summed E-state index contributed by atoms with van der Waals surface area (Å²) in [7, 11) is -3.66. The summed E-state index contributed by atoms with van der Waals surface area (Å²) in [4.78, 5) is 19.8. The molecule has 0 radical (unpaired) electrons. The molecule has 1 heterocycles.